The summed E-state index contributed by atoms with van der Waals surface area (Å²) in [5.41, 5.74) is 0. The summed E-state index contributed by atoms with van der Waals surface area (Å²) in [5, 5.41) is 11.9. The lowest BCUT2D eigenvalue weighted by atomic mass is 10.2. The number of amides is 1. The molecule has 0 aromatic carbocycles. The van der Waals surface area contributed by atoms with Crippen LogP contribution in [0.25, 0.3) is 0 Å². The van der Waals surface area contributed by atoms with Gasteiger partial charge in [0.05, 0.1) is 5.00 Å². The predicted octanol–water partition coefficient (Wildman–Crippen LogP) is 1.56. The Morgan fingerprint density at radius 2 is 2.31 bits per heavy atom. The highest BCUT2D eigenvalue weighted by atomic mass is 32.1. The van der Waals surface area contributed by atoms with Gasteiger partial charge in [0.15, 0.2) is 0 Å². The molecule has 1 aliphatic rings. The summed E-state index contributed by atoms with van der Waals surface area (Å²) in [4.78, 5) is 22.5. The summed E-state index contributed by atoms with van der Waals surface area (Å²) in [7, 11) is 0. The fourth-order valence-electron chi connectivity index (χ4n) is 1.51. The van der Waals surface area contributed by atoms with Gasteiger partial charge in [-0.1, -0.05) is 0 Å². The van der Waals surface area contributed by atoms with Crippen molar-refractivity contribution in [1.82, 2.24) is 0 Å². The maximum atomic E-state index is 11.6. The van der Waals surface area contributed by atoms with Gasteiger partial charge in [-0.2, -0.15) is 0 Å². The summed E-state index contributed by atoms with van der Waals surface area (Å²) < 4.78 is 5.22. The van der Waals surface area contributed by atoms with E-state index in [1.807, 2.05) is 0 Å². The molecule has 0 bridgehead atoms. The van der Waals surface area contributed by atoms with Gasteiger partial charge in [0, 0.05) is 6.61 Å². The summed E-state index contributed by atoms with van der Waals surface area (Å²) >= 11 is 1.04. The van der Waals surface area contributed by atoms with E-state index >= 15 is 0 Å². The molecule has 1 amide bonds. The topological polar surface area (TPSA) is 75.6 Å². The molecule has 1 atom stereocenters. The van der Waals surface area contributed by atoms with E-state index in [2.05, 4.69) is 5.32 Å². The number of hydrogen-bond acceptors (Lipinski definition) is 4. The number of ether oxygens (including phenoxy) is 1. The number of carboxylic acid groups (broad SMARTS) is 1. The SMILES string of the molecule is O=C(O)c1ccc(NC(=O)[C@@H]2CCCO2)s1. The van der Waals surface area contributed by atoms with Gasteiger partial charge in [0.25, 0.3) is 5.91 Å². The molecule has 5 nitrogen and oxygen atoms in total. The molecule has 0 unspecified atom stereocenters. The first-order chi connectivity index (χ1) is 7.66. The van der Waals surface area contributed by atoms with Crippen molar-refractivity contribution in [2.45, 2.75) is 18.9 Å². The fourth-order valence-corrected chi connectivity index (χ4v) is 2.25. The molecule has 1 aromatic rings. The van der Waals surface area contributed by atoms with Crippen LogP contribution in [0.2, 0.25) is 0 Å². The Hall–Kier alpha value is -1.40. The lowest BCUT2D eigenvalue weighted by molar-refractivity contribution is -0.124. The zero-order valence-electron chi connectivity index (χ0n) is 8.43. The largest absolute Gasteiger partial charge is 0.477 e. The smallest absolute Gasteiger partial charge is 0.345 e. The van der Waals surface area contributed by atoms with Crippen molar-refractivity contribution >= 4 is 28.2 Å². The first-order valence-electron chi connectivity index (χ1n) is 4.92. The minimum atomic E-state index is -0.984. The zero-order valence-corrected chi connectivity index (χ0v) is 9.25. The van der Waals surface area contributed by atoms with Crippen molar-refractivity contribution in [3.05, 3.63) is 17.0 Å². The van der Waals surface area contributed by atoms with E-state index in [1.165, 1.54) is 6.07 Å². The average Bonchev–Trinajstić information content (AvgIpc) is 2.87. The molecule has 0 spiro atoms. The Labute approximate surface area is 96.0 Å². The maximum Gasteiger partial charge on any atom is 0.345 e. The van der Waals surface area contributed by atoms with Gasteiger partial charge in [-0.05, 0) is 25.0 Å². The highest BCUT2D eigenvalue weighted by Gasteiger charge is 2.24. The minimum absolute atomic E-state index is 0.198. The number of carbonyl (C=O) groups is 2. The third-order valence-electron chi connectivity index (χ3n) is 2.29. The number of nitrogens with one attached hydrogen (secondary N) is 1. The highest BCUT2D eigenvalue weighted by molar-refractivity contribution is 7.18. The van der Waals surface area contributed by atoms with Crippen molar-refractivity contribution in [3.8, 4) is 0 Å². The lowest BCUT2D eigenvalue weighted by Crippen LogP contribution is -2.26. The van der Waals surface area contributed by atoms with Crippen LogP contribution in [0.4, 0.5) is 5.00 Å². The van der Waals surface area contributed by atoms with Gasteiger partial charge in [-0.25, -0.2) is 4.79 Å². The van der Waals surface area contributed by atoms with E-state index in [9.17, 15) is 9.59 Å². The number of rotatable bonds is 3. The number of thiophene rings is 1. The van der Waals surface area contributed by atoms with Crippen molar-refractivity contribution in [1.29, 1.82) is 0 Å². The first kappa shape index (κ1) is 11.1. The molecular formula is C10H11NO4S. The summed E-state index contributed by atoms with van der Waals surface area (Å²) in [5.74, 6) is -1.18. The average molecular weight is 241 g/mol. The van der Waals surface area contributed by atoms with Gasteiger partial charge in [0.1, 0.15) is 11.0 Å². The molecule has 0 aliphatic carbocycles. The van der Waals surface area contributed by atoms with E-state index in [-0.39, 0.29) is 10.8 Å². The normalized spacial score (nSPS) is 19.6. The van der Waals surface area contributed by atoms with Gasteiger partial charge in [0.2, 0.25) is 0 Å². The van der Waals surface area contributed by atoms with Crippen LogP contribution in [0.15, 0.2) is 12.1 Å². The molecule has 0 saturated carbocycles. The number of anilines is 1. The second kappa shape index (κ2) is 4.63. The minimum Gasteiger partial charge on any atom is -0.477 e. The van der Waals surface area contributed by atoms with E-state index in [4.69, 9.17) is 9.84 Å². The van der Waals surface area contributed by atoms with E-state index in [0.29, 0.717) is 11.6 Å². The van der Waals surface area contributed by atoms with Crippen LogP contribution in [0.5, 0.6) is 0 Å². The van der Waals surface area contributed by atoms with Crippen LogP contribution in [-0.4, -0.2) is 29.7 Å². The molecule has 1 aromatic heterocycles. The van der Waals surface area contributed by atoms with Crippen LogP contribution in [0, 0.1) is 0 Å². The monoisotopic (exact) mass is 241 g/mol. The molecule has 1 fully saturated rings. The van der Waals surface area contributed by atoms with Crippen LogP contribution in [-0.2, 0) is 9.53 Å². The number of carbonyl (C=O) groups excluding carboxylic acids is 1. The van der Waals surface area contributed by atoms with Crippen molar-refractivity contribution < 1.29 is 19.4 Å². The first-order valence-corrected chi connectivity index (χ1v) is 5.74. The van der Waals surface area contributed by atoms with Gasteiger partial charge >= 0.3 is 5.97 Å². The van der Waals surface area contributed by atoms with Crippen LogP contribution < -0.4 is 5.32 Å². The molecule has 86 valence electrons. The Bertz CT molecular complexity index is 409. The Morgan fingerprint density at radius 3 is 2.88 bits per heavy atom. The maximum absolute atomic E-state index is 11.6. The van der Waals surface area contributed by atoms with Crippen LogP contribution >= 0.6 is 11.3 Å². The molecule has 2 rings (SSSR count). The molecule has 16 heavy (non-hydrogen) atoms. The number of carboxylic acids is 1. The van der Waals surface area contributed by atoms with Gasteiger partial charge in [-0.3, -0.25) is 4.79 Å². The summed E-state index contributed by atoms with van der Waals surface area (Å²) in [6, 6.07) is 3.05. The fraction of sp³-hybridized carbons (Fsp3) is 0.400. The van der Waals surface area contributed by atoms with Gasteiger partial charge in [-0.15, -0.1) is 11.3 Å². The standard InChI is InChI=1S/C10H11NO4S/c12-9(6-2-1-5-15-6)11-8-4-3-7(16-8)10(13)14/h3-4,6H,1-2,5H2,(H,11,12)(H,13,14)/t6-/m0/s1. The van der Waals surface area contributed by atoms with Crippen molar-refractivity contribution in [2.75, 3.05) is 11.9 Å². The van der Waals surface area contributed by atoms with Crippen molar-refractivity contribution in [3.63, 3.8) is 0 Å². The van der Waals surface area contributed by atoms with E-state index in [0.717, 1.165) is 24.2 Å². The quantitative estimate of drug-likeness (QED) is 0.842. The Kier molecular flexibility index (Phi) is 3.21. The van der Waals surface area contributed by atoms with Crippen LogP contribution in [0.3, 0.4) is 0 Å². The molecule has 1 aliphatic heterocycles. The summed E-state index contributed by atoms with van der Waals surface area (Å²) in [6.07, 6.45) is 1.22. The van der Waals surface area contributed by atoms with E-state index < -0.39 is 12.1 Å². The molecule has 0 radical (unpaired) electrons. The number of aromatic carboxylic acids is 1. The second-order valence-electron chi connectivity index (χ2n) is 3.46. The predicted molar refractivity (Wildman–Crippen MR) is 58.9 cm³/mol. The van der Waals surface area contributed by atoms with Gasteiger partial charge < -0.3 is 15.2 Å². The molecule has 6 heteroatoms. The second-order valence-corrected chi connectivity index (χ2v) is 4.54. The molecule has 2 heterocycles. The van der Waals surface area contributed by atoms with Crippen molar-refractivity contribution in [2.24, 2.45) is 0 Å². The van der Waals surface area contributed by atoms with Crippen LogP contribution in [0.1, 0.15) is 22.5 Å². The zero-order chi connectivity index (χ0) is 11.5. The molecular weight excluding hydrogens is 230 g/mol. The third kappa shape index (κ3) is 2.40. The third-order valence-corrected chi connectivity index (χ3v) is 3.27. The Balaban J connectivity index is 1.97. The lowest BCUT2D eigenvalue weighted by Gasteiger charge is -2.08. The van der Waals surface area contributed by atoms with E-state index in [1.54, 1.807) is 6.07 Å². The molecule has 1 saturated heterocycles. The highest BCUT2D eigenvalue weighted by Crippen LogP contribution is 2.23. The number of hydrogen-bond donors (Lipinski definition) is 2. The molecule has 2 N–H and O–H groups in total. The summed E-state index contributed by atoms with van der Waals surface area (Å²) in [6.45, 7) is 0.614. The Morgan fingerprint density at radius 1 is 1.50 bits per heavy atom.